The van der Waals surface area contributed by atoms with Gasteiger partial charge in [-0.3, -0.25) is 9.69 Å². The van der Waals surface area contributed by atoms with Gasteiger partial charge in [-0.05, 0) is 23.6 Å². The van der Waals surface area contributed by atoms with Crippen LogP contribution in [-0.2, 0) is 17.8 Å². The molecular formula is C20H23FN2O. The van der Waals surface area contributed by atoms with Crippen LogP contribution in [0.2, 0.25) is 0 Å². The third-order valence-electron chi connectivity index (χ3n) is 4.49. The minimum Gasteiger partial charge on any atom is -0.341 e. The lowest BCUT2D eigenvalue weighted by molar-refractivity contribution is -0.130. The van der Waals surface area contributed by atoms with Crippen LogP contribution in [0.1, 0.15) is 17.5 Å². The summed E-state index contributed by atoms with van der Waals surface area (Å²) in [4.78, 5) is 16.7. The standard InChI is InChI=1S/C20H23FN2O/c21-19-10-5-4-9-18(19)15-20(24)23-12-6-11-22(13-14-23)16-17-7-2-1-3-8-17/h1-5,7-10H,6,11-16H2. The lowest BCUT2D eigenvalue weighted by atomic mass is 10.1. The average Bonchev–Trinajstić information content (AvgIpc) is 2.83. The molecule has 126 valence electrons. The van der Waals surface area contributed by atoms with Gasteiger partial charge in [0, 0.05) is 32.7 Å². The van der Waals surface area contributed by atoms with Gasteiger partial charge in [0.15, 0.2) is 0 Å². The van der Waals surface area contributed by atoms with Gasteiger partial charge in [0.2, 0.25) is 5.91 Å². The molecule has 24 heavy (non-hydrogen) atoms. The van der Waals surface area contributed by atoms with Crippen LogP contribution in [0, 0.1) is 5.82 Å². The number of carbonyl (C=O) groups is 1. The van der Waals surface area contributed by atoms with Crippen molar-refractivity contribution >= 4 is 5.91 Å². The summed E-state index contributed by atoms with van der Waals surface area (Å²) < 4.78 is 13.7. The zero-order valence-corrected chi connectivity index (χ0v) is 13.8. The Hall–Kier alpha value is -2.20. The van der Waals surface area contributed by atoms with E-state index in [0.29, 0.717) is 12.1 Å². The zero-order valence-electron chi connectivity index (χ0n) is 13.8. The van der Waals surface area contributed by atoms with E-state index in [4.69, 9.17) is 0 Å². The predicted molar refractivity (Wildman–Crippen MR) is 93.0 cm³/mol. The van der Waals surface area contributed by atoms with Crippen LogP contribution in [-0.4, -0.2) is 41.9 Å². The summed E-state index contributed by atoms with van der Waals surface area (Å²) in [6, 6.07) is 16.9. The van der Waals surface area contributed by atoms with Crippen molar-refractivity contribution in [1.29, 1.82) is 0 Å². The van der Waals surface area contributed by atoms with Gasteiger partial charge in [0.1, 0.15) is 5.82 Å². The van der Waals surface area contributed by atoms with Gasteiger partial charge in [-0.2, -0.15) is 0 Å². The van der Waals surface area contributed by atoms with Crippen LogP contribution in [0.25, 0.3) is 0 Å². The van der Waals surface area contributed by atoms with Crippen LogP contribution in [0.3, 0.4) is 0 Å². The van der Waals surface area contributed by atoms with Crippen molar-refractivity contribution in [3.05, 3.63) is 71.5 Å². The van der Waals surface area contributed by atoms with E-state index in [-0.39, 0.29) is 18.1 Å². The monoisotopic (exact) mass is 326 g/mol. The molecule has 1 saturated heterocycles. The van der Waals surface area contributed by atoms with E-state index in [1.807, 2.05) is 11.0 Å². The summed E-state index contributed by atoms with van der Waals surface area (Å²) in [5, 5.41) is 0. The van der Waals surface area contributed by atoms with Crippen molar-refractivity contribution in [2.24, 2.45) is 0 Å². The molecule has 3 nitrogen and oxygen atoms in total. The number of benzene rings is 2. The first-order valence-corrected chi connectivity index (χ1v) is 8.50. The molecule has 0 radical (unpaired) electrons. The molecule has 0 bridgehead atoms. The Morgan fingerprint density at radius 2 is 1.67 bits per heavy atom. The van der Waals surface area contributed by atoms with Crippen molar-refractivity contribution in [2.75, 3.05) is 26.2 Å². The van der Waals surface area contributed by atoms with Gasteiger partial charge < -0.3 is 4.90 Å². The van der Waals surface area contributed by atoms with Crippen LogP contribution in [0.15, 0.2) is 54.6 Å². The fourth-order valence-electron chi connectivity index (χ4n) is 3.14. The summed E-state index contributed by atoms with van der Waals surface area (Å²) in [7, 11) is 0. The molecule has 0 N–H and O–H groups in total. The smallest absolute Gasteiger partial charge is 0.227 e. The molecule has 2 aromatic rings. The van der Waals surface area contributed by atoms with Gasteiger partial charge in [0.25, 0.3) is 0 Å². The number of carbonyl (C=O) groups excluding carboxylic acids is 1. The van der Waals surface area contributed by atoms with Crippen molar-refractivity contribution in [3.63, 3.8) is 0 Å². The molecule has 0 aromatic heterocycles. The van der Waals surface area contributed by atoms with Crippen molar-refractivity contribution in [2.45, 2.75) is 19.4 Å². The Kier molecular flexibility index (Phi) is 5.59. The van der Waals surface area contributed by atoms with Gasteiger partial charge in [-0.25, -0.2) is 4.39 Å². The molecule has 0 unspecified atom stereocenters. The minimum atomic E-state index is -0.300. The van der Waals surface area contributed by atoms with Crippen molar-refractivity contribution in [1.82, 2.24) is 9.80 Å². The lowest BCUT2D eigenvalue weighted by Gasteiger charge is -2.22. The molecule has 0 spiro atoms. The van der Waals surface area contributed by atoms with Crippen molar-refractivity contribution in [3.8, 4) is 0 Å². The van der Waals surface area contributed by atoms with E-state index in [1.54, 1.807) is 18.2 Å². The Bertz CT molecular complexity index is 674. The lowest BCUT2D eigenvalue weighted by Crippen LogP contribution is -2.36. The molecule has 1 heterocycles. The maximum Gasteiger partial charge on any atom is 0.227 e. The Morgan fingerprint density at radius 1 is 0.917 bits per heavy atom. The summed E-state index contributed by atoms with van der Waals surface area (Å²) in [6.07, 6.45) is 1.10. The normalized spacial score (nSPS) is 16.0. The van der Waals surface area contributed by atoms with E-state index in [0.717, 1.165) is 32.6 Å². The number of hydrogen-bond acceptors (Lipinski definition) is 2. The number of hydrogen-bond donors (Lipinski definition) is 0. The fourth-order valence-corrected chi connectivity index (χ4v) is 3.14. The molecule has 0 saturated carbocycles. The second kappa shape index (κ2) is 8.06. The summed E-state index contributed by atoms with van der Waals surface area (Å²) in [5.74, 6) is -0.284. The Balaban J connectivity index is 1.55. The number of nitrogens with zero attached hydrogens (tertiary/aromatic N) is 2. The quantitative estimate of drug-likeness (QED) is 0.862. The molecule has 3 rings (SSSR count). The van der Waals surface area contributed by atoms with E-state index >= 15 is 0 Å². The van der Waals surface area contributed by atoms with E-state index in [2.05, 4.69) is 29.2 Å². The molecule has 1 aliphatic heterocycles. The SMILES string of the molecule is O=C(Cc1ccccc1F)N1CCCN(Cc2ccccc2)CC1. The summed E-state index contributed by atoms with van der Waals surface area (Å²) in [5.41, 5.74) is 1.77. The van der Waals surface area contributed by atoms with Gasteiger partial charge in [0.05, 0.1) is 6.42 Å². The minimum absolute atomic E-state index is 0.0154. The third kappa shape index (κ3) is 4.42. The molecule has 1 amide bonds. The molecule has 0 aliphatic carbocycles. The number of halogens is 1. The topological polar surface area (TPSA) is 23.6 Å². The Labute approximate surface area is 142 Å². The van der Waals surface area contributed by atoms with Crippen LogP contribution in [0.4, 0.5) is 4.39 Å². The summed E-state index contributed by atoms with van der Waals surface area (Å²) >= 11 is 0. The van der Waals surface area contributed by atoms with Gasteiger partial charge >= 0.3 is 0 Å². The molecule has 1 aliphatic rings. The highest BCUT2D eigenvalue weighted by molar-refractivity contribution is 5.78. The molecule has 4 heteroatoms. The predicted octanol–water partition coefficient (Wildman–Crippen LogP) is 3.10. The molecule has 2 aromatic carbocycles. The molecular weight excluding hydrogens is 303 g/mol. The Morgan fingerprint density at radius 3 is 2.46 bits per heavy atom. The third-order valence-corrected chi connectivity index (χ3v) is 4.49. The molecule has 0 atom stereocenters. The second-order valence-corrected chi connectivity index (χ2v) is 6.26. The number of rotatable bonds is 4. The van der Waals surface area contributed by atoms with E-state index in [1.165, 1.54) is 11.6 Å². The highest BCUT2D eigenvalue weighted by Crippen LogP contribution is 2.12. The average molecular weight is 326 g/mol. The zero-order chi connectivity index (χ0) is 16.8. The maximum atomic E-state index is 13.7. The molecule has 1 fully saturated rings. The number of amides is 1. The van der Waals surface area contributed by atoms with Crippen LogP contribution < -0.4 is 0 Å². The van der Waals surface area contributed by atoms with Crippen molar-refractivity contribution < 1.29 is 9.18 Å². The van der Waals surface area contributed by atoms with Crippen LogP contribution >= 0.6 is 0 Å². The van der Waals surface area contributed by atoms with E-state index < -0.39 is 0 Å². The van der Waals surface area contributed by atoms with Gasteiger partial charge in [-0.1, -0.05) is 48.5 Å². The second-order valence-electron chi connectivity index (χ2n) is 6.26. The first-order chi connectivity index (χ1) is 11.7. The van der Waals surface area contributed by atoms with E-state index in [9.17, 15) is 9.18 Å². The first-order valence-electron chi connectivity index (χ1n) is 8.50. The first kappa shape index (κ1) is 16.7. The fraction of sp³-hybridized carbons (Fsp3) is 0.350. The summed E-state index contributed by atoms with van der Waals surface area (Å²) in [6.45, 7) is 4.21. The highest BCUT2D eigenvalue weighted by Gasteiger charge is 2.20. The largest absolute Gasteiger partial charge is 0.341 e. The maximum absolute atomic E-state index is 13.7. The van der Waals surface area contributed by atoms with Crippen LogP contribution in [0.5, 0.6) is 0 Å². The highest BCUT2D eigenvalue weighted by atomic mass is 19.1. The van der Waals surface area contributed by atoms with Gasteiger partial charge in [-0.15, -0.1) is 0 Å².